The monoisotopic (exact) mass is 824 g/mol. The van der Waals surface area contributed by atoms with Gasteiger partial charge in [0.25, 0.3) is 0 Å². The van der Waals surface area contributed by atoms with Crippen LogP contribution in [0.5, 0.6) is 0 Å². The molecule has 58 heavy (non-hydrogen) atoms. The second kappa shape index (κ2) is 14.8. The molecule has 2 saturated heterocycles. The van der Waals surface area contributed by atoms with Crippen LogP contribution in [-0.2, 0) is 33.3 Å². The predicted octanol–water partition coefficient (Wildman–Crippen LogP) is -0.0259. The molecule has 2 aliphatic heterocycles. The van der Waals surface area contributed by atoms with E-state index in [0.29, 0.717) is 51.4 Å². The van der Waals surface area contributed by atoms with Crippen molar-refractivity contribution < 1.29 is 84.4 Å². The highest BCUT2D eigenvalue weighted by atomic mass is 16.7. The summed E-state index contributed by atoms with van der Waals surface area (Å²) in [4.78, 5) is 39.7. The lowest BCUT2D eigenvalue weighted by Gasteiger charge is -2.71. The summed E-state index contributed by atoms with van der Waals surface area (Å²) in [7, 11) is 0. The number of rotatable bonds is 7. The number of carbonyl (C=O) groups is 3. The third-order valence-corrected chi connectivity index (χ3v) is 16.7. The summed E-state index contributed by atoms with van der Waals surface area (Å²) in [6, 6.07) is 0. The molecule has 0 radical (unpaired) electrons. The number of carbonyl (C=O) groups excluding carboxylic acids is 1. The lowest BCUT2D eigenvalue weighted by molar-refractivity contribution is -0.335. The Labute approximate surface area is 336 Å². The molecule has 17 nitrogen and oxygen atoms in total. The summed E-state index contributed by atoms with van der Waals surface area (Å²) >= 11 is 0. The molecule has 10 N–H and O–H groups in total. The maximum atomic E-state index is 14.4. The maximum Gasteiger partial charge on any atom is 0.335 e. The molecule has 5 aliphatic carbocycles. The molecule has 0 aromatic rings. The largest absolute Gasteiger partial charge is 0.481 e. The van der Waals surface area contributed by atoms with Gasteiger partial charge in [0, 0.05) is 5.92 Å². The third kappa shape index (κ3) is 6.08. The second-order valence-electron chi connectivity index (χ2n) is 19.2. The molecular formula is C41H60O17. The predicted molar refractivity (Wildman–Crippen MR) is 197 cm³/mol. The number of hydrogen-bond acceptors (Lipinski definition) is 15. The van der Waals surface area contributed by atoms with Crippen molar-refractivity contribution in [3.63, 3.8) is 0 Å². The Balaban J connectivity index is 1.20. The number of fused-ring (bicyclic) bond motifs is 7. The SMILES string of the molecule is C=C1CCC2(C(=O)OC3OC(CO)C(O)C(O)C3O)CCC3(C)C(=CCC4C5(C)CC(O)C(OC6OC(C(=O)O)C(O)C(O)C6O)C(C)(C(=O)O)C5CCC43C)C2C1. The molecule has 6 fully saturated rings. The fraction of sp³-hybridized carbons (Fsp3) is 0.829. The lowest BCUT2D eigenvalue weighted by Crippen LogP contribution is -2.70. The number of ether oxygens (including phenoxy) is 4. The third-order valence-electron chi connectivity index (χ3n) is 16.7. The van der Waals surface area contributed by atoms with Crippen molar-refractivity contribution in [2.45, 2.75) is 159 Å². The van der Waals surface area contributed by atoms with Gasteiger partial charge < -0.3 is 70.0 Å². The van der Waals surface area contributed by atoms with Crippen molar-refractivity contribution in [1.82, 2.24) is 0 Å². The average Bonchev–Trinajstić information content (AvgIpc) is 3.16. The molecule has 7 rings (SSSR count). The normalized spacial score (nSPS) is 52.9. The summed E-state index contributed by atoms with van der Waals surface area (Å²) in [5, 5.41) is 105. The van der Waals surface area contributed by atoms with E-state index in [4.69, 9.17) is 18.9 Å². The molecule has 0 bridgehead atoms. The fourth-order valence-corrected chi connectivity index (χ4v) is 13.2. The van der Waals surface area contributed by atoms with Crippen LogP contribution >= 0.6 is 0 Å². The van der Waals surface area contributed by atoms with Gasteiger partial charge in [-0.3, -0.25) is 9.59 Å². The van der Waals surface area contributed by atoms with Crippen molar-refractivity contribution in [2.75, 3.05) is 6.61 Å². The summed E-state index contributed by atoms with van der Waals surface area (Å²) in [6.45, 7) is 11.5. The molecule has 0 aromatic carbocycles. The Morgan fingerprint density at radius 1 is 0.828 bits per heavy atom. The Morgan fingerprint density at radius 2 is 1.48 bits per heavy atom. The van der Waals surface area contributed by atoms with E-state index in [1.165, 1.54) is 6.92 Å². The van der Waals surface area contributed by atoms with E-state index in [9.17, 15) is 65.4 Å². The number of carboxylic acids is 2. The van der Waals surface area contributed by atoms with Crippen molar-refractivity contribution in [3.8, 4) is 0 Å². The van der Waals surface area contributed by atoms with Gasteiger partial charge in [0.2, 0.25) is 6.29 Å². The molecule has 2 heterocycles. The van der Waals surface area contributed by atoms with Crippen LogP contribution in [0.2, 0.25) is 0 Å². The van der Waals surface area contributed by atoms with Crippen LogP contribution < -0.4 is 0 Å². The lowest BCUT2D eigenvalue weighted by atomic mass is 9.33. The quantitative estimate of drug-likeness (QED) is 0.0917. The molecule has 7 aliphatic rings. The smallest absolute Gasteiger partial charge is 0.335 e. The first-order valence-corrected chi connectivity index (χ1v) is 20.4. The summed E-state index contributed by atoms with van der Waals surface area (Å²) in [6.07, 6.45) is -14.4. The van der Waals surface area contributed by atoms with Crippen LogP contribution in [0.3, 0.4) is 0 Å². The molecular weight excluding hydrogens is 764 g/mol. The van der Waals surface area contributed by atoms with E-state index in [1.807, 2.05) is 6.92 Å². The second-order valence-corrected chi connectivity index (χ2v) is 19.2. The first-order chi connectivity index (χ1) is 27.0. The number of aliphatic hydroxyl groups excluding tert-OH is 8. The molecule has 0 spiro atoms. The Morgan fingerprint density at radius 3 is 2.12 bits per heavy atom. The maximum absolute atomic E-state index is 14.4. The Kier molecular flexibility index (Phi) is 11.1. The van der Waals surface area contributed by atoms with E-state index in [2.05, 4.69) is 26.5 Å². The van der Waals surface area contributed by atoms with Crippen molar-refractivity contribution in [2.24, 2.45) is 44.8 Å². The van der Waals surface area contributed by atoms with Gasteiger partial charge in [-0.05, 0) is 92.8 Å². The minimum absolute atomic E-state index is 0.0939. The standard InChI is InChI=1S/C41H60O17/c1-17-8-11-41(36(54)58-33-28(48)25(45)24(44)21(16-42)55-33)13-12-38(3)18(19(41)14-17)6-7-22-37(2)15-20(43)31(40(5,35(52)53)23(37)9-10-39(22,38)4)57-34-29(49)26(46)27(47)30(56-34)32(50)51/h6,19-31,33-34,42-49H,1,7-16H2,2-5H3,(H,50,51)(H,52,53). The van der Waals surface area contributed by atoms with Gasteiger partial charge >= 0.3 is 17.9 Å². The molecule has 0 amide bonds. The molecule has 20 unspecified atom stereocenters. The molecule has 17 heteroatoms. The number of allylic oxidation sites excluding steroid dienone is 3. The highest BCUT2D eigenvalue weighted by Crippen LogP contribution is 2.75. The van der Waals surface area contributed by atoms with E-state index in [-0.39, 0.29) is 18.3 Å². The molecule has 4 saturated carbocycles. The topological polar surface area (TPSA) is 290 Å². The van der Waals surface area contributed by atoms with Gasteiger partial charge in [-0.1, -0.05) is 44.6 Å². The van der Waals surface area contributed by atoms with Gasteiger partial charge in [0.1, 0.15) is 48.8 Å². The number of aliphatic hydroxyl groups is 8. The highest BCUT2D eigenvalue weighted by Gasteiger charge is 2.72. The van der Waals surface area contributed by atoms with Crippen LogP contribution in [0.25, 0.3) is 0 Å². The van der Waals surface area contributed by atoms with Crippen LogP contribution in [0, 0.1) is 44.8 Å². The van der Waals surface area contributed by atoms with E-state index in [1.54, 1.807) is 0 Å². The molecule has 0 aromatic heterocycles. The van der Waals surface area contributed by atoms with E-state index < -0.39 is 131 Å². The van der Waals surface area contributed by atoms with Crippen LogP contribution in [0.15, 0.2) is 23.8 Å². The zero-order chi connectivity index (χ0) is 42.7. The minimum atomic E-state index is -1.98. The zero-order valence-electron chi connectivity index (χ0n) is 33.3. The number of hydrogen-bond donors (Lipinski definition) is 10. The Bertz CT molecular complexity index is 1700. The van der Waals surface area contributed by atoms with Crippen LogP contribution in [-0.4, -0.2) is 149 Å². The number of esters is 1. The van der Waals surface area contributed by atoms with Crippen molar-refractivity contribution in [3.05, 3.63) is 23.8 Å². The first-order valence-electron chi connectivity index (χ1n) is 20.4. The number of aliphatic carboxylic acids is 2. The summed E-state index contributed by atoms with van der Waals surface area (Å²) in [5.41, 5.74) is -2.52. The van der Waals surface area contributed by atoms with Crippen LogP contribution in [0.4, 0.5) is 0 Å². The van der Waals surface area contributed by atoms with E-state index in [0.717, 1.165) is 11.1 Å². The molecule has 20 atom stereocenters. The van der Waals surface area contributed by atoms with Crippen molar-refractivity contribution >= 4 is 17.9 Å². The first kappa shape index (κ1) is 43.5. The summed E-state index contributed by atoms with van der Waals surface area (Å²) in [5.74, 6) is -4.58. The van der Waals surface area contributed by atoms with E-state index >= 15 is 0 Å². The fourth-order valence-electron chi connectivity index (χ4n) is 13.2. The summed E-state index contributed by atoms with van der Waals surface area (Å²) < 4.78 is 22.8. The van der Waals surface area contributed by atoms with Crippen molar-refractivity contribution in [1.29, 1.82) is 0 Å². The number of carboxylic acid groups (broad SMARTS) is 2. The van der Waals surface area contributed by atoms with Gasteiger partial charge in [-0.25, -0.2) is 4.79 Å². The minimum Gasteiger partial charge on any atom is -0.481 e. The Hall–Kier alpha value is -2.55. The van der Waals surface area contributed by atoms with Gasteiger partial charge in [0.15, 0.2) is 12.4 Å². The average molecular weight is 825 g/mol. The highest BCUT2D eigenvalue weighted by molar-refractivity contribution is 5.79. The van der Waals surface area contributed by atoms with Gasteiger partial charge in [-0.2, -0.15) is 0 Å². The van der Waals surface area contributed by atoms with Gasteiger partial charge in [0.05, 0.1) is 23.5 Å². The zero-order valence-corrected chi connectivity index (χ0v) is 33.3. The van der Waals surface area contributed by atoms with Crippen LogP contribution in [0.1, 0.15) is 85.5 Å². The molecule has 326 valence electrons. The van der Waals surface area contributed by atoms with Gasteiger partial charge in [-0.15, -0.1) is 0 Å².